The first-order chi connectivity index (χ1) is 9.37. The third kappa shape index (κ3) is 3.57. The van der Waals surface area contributed by atoms with Gasteiger partial charge in [0.05, 0.1) is 17.4 Å². The second kappa shape index (κ2) is 5.62. The summed E-state index contributed by atoms with van der Waals surface area (Å²) < 4.78 is 22.5. The van der Waals surface area contributed by atoms with Gasteiger partial charge in [0.25, 0.3) is 5.91 Å². The van der Waals surface area contributed by atoms with Gasteiger partial charge in [0.2, 0.25) is 5.91 Å². The van der Waals surface area contributed by atoms with Gasteiger partial charge in [-0.05, 0) is 25.5 Å². The molecule has 0 aliphatic carbocycles. The third-order valence-electron chi connectivity index (χ3n) is 3.22. The molecule has 1 aliphatic heterocycles. The largest absolute Gasteiger partial charge is 0.273 e. The van der Waals surface area contributed by atoms with E-state index in [-0.39, 0.29) is 11.5 Å². The molecule has 0 saturated carbocycles. The fourth-order valence-corrected chi connectivity index (χ4v) is 3.74. The fourth-order valence-electron chi connectivity index (χ4n) is 2.00. The Hall–Kier alpha value is -1.89. The molecule has 20 heavy (non-hydrogen) atoms. The van der Waals surface area contributed by atoms with Crippen LogP contribution < -0.4 is 10.9 Å². The zero-order valence-electron chi connectivity index (χ0n) is 11.0. The molecule has 0 spiro atoms. The molecule has 2 amide bonds. The summed E-state index contributed by atoms with van der Waals surface area (Å²) in [6.45, 7) is 1.91. The Morgan fingerprint density at radius 2 is 1.80 bits per heavy atom. The molecular formula is C13H16N2O4S. The van der Waals surface area contributed by atoms with Crippen LogP contribution in [0.1, 0.15) is 22.3 Å². The Balaban J connectivity index is 1.87. The first-order valence-electron chi connectivity index (χ1n) is 6.25. The van der Waals surface area contributed by atoms with E-state index in [4.69, 9.17) is 0 Å². The van der Waals surface area contributed by atoms with Crippen molar-refractivity contribution in [3.8, 4) is 0 Å². The molecule has 1 heterocycles. The number of carbonyl (C=O) groups is 2. The summed E-state index contributed by atoms with van der Waals surface area (Å²) in [6, 6.07) is 6.88. The number of sulfone groups is 1. The maximum atomic E-state index is 11.8. The standard InChI is InChI=1S/C13H16N2O4S/c1-9-2-4-10(5-3-9)12(16)14-15-13(17)11-6-7-20(18,19)8-11/h2-5,11H,6-8H2,1H3,(H,14,16)(H,15,17)/t11-/m0/s1. The molecule has 0 aromatic heterocycles. The molecule has 108 valence electrons. The molecule has 7 heteroatoms. The molecule has 1 aliphatic rings. The summed E-state index contributed by atoms with van der Waals surface area (Å²) in [5, 5.41) is 0. The molecule has 2 rings (SSSR count). The van der Waals surface area contributed by atoms with Crippen molar-refractivity contribution in [3.05, 3.63) is 35.4 Å². The molecule has 2 N–H and O–H groups in total. The van der Waals surface area contributed by atoms with Gasteiger partial charge < -0.3 is 0 Å². The Bertz CT molecular complexity index is 622. The Morgan fingerprint density at radius 1 is 1.15 bits per heavy atom. The van der Waals surface area contributed by atoms with Crippen molar-refractivity contribution in [2.24, 2.45) is 5.92 Å². The average molecular weight is 296 g/mol. The topological polar surface area (TPSA) is 92.3 Å². The highest BCUT2D eigenvalue weighted by Crippen LogP contribution is 2.18. The van der Waals surface area contributed by atoms with Crippen LogP contribution in [0.3, 0.4) is 0 Å². The van der Waals surface area contributed by atoms with E-state index in [0.717, 1.165) is 5.56 Å². The highest BCUT2D eigenvalue weighted by Gasteiger charge is 2.33. The number of amides is 2. The van der Waals surface area contributed by atoms with E-state index < -0.39 is 27.6 Å². The number of nitrogens with one attached hydrogen (secondary N) is 2. The number of aryl methyl sites for hydroxylation is 1. The van der Waals surface area contributed by atoms with Gasteiger partial charge in [-0.15, -0.1) is 0 Å². The predicted molar refractivity (Wildman–Crippen MR) is 73.5 cm³/mol. The van der Waals surface area contributed by atoms with E-state index in [1.54, 1.807) is 24.3 Å². The van der Waals surface area contributed by atoms with Crippen molar-refractivity contribution < 1.29 is 18.0 Å². The molecule has 0 unspecified atom stereocenters. The van der Waals surface area contributed by atoms with Crippen LogP contribution in [0.15, 0.2) is 24.3 Å². The lowest BCUT2D eigenvalue weighted by atomic mass is 10.1. The number of hydrazine groups is 1. The Kier molecular flexibility index (Phi) is 4.08. The molecule has 1 atom stereocenters. The molecule has 0 bridgehead atoms. The van der Waals surface area contributed by atoms with Gasteiger partial charge in [-0.2, -0.15) is 0 Å². The van der Waals surface area contributed by atoms with E-state index in [9.17, 15) is 18.0 Å². The zero-order valence-corrected chi connectivity index (χ0v) is 11.9. The van der Waals surface area contributed by atoms with Gasteiger partial charge in [-0.3, -0.25) is 20.4 Å². The van der Waals surface area contributed by atoms with E-state index in [2.05, 4.69) is 10.9 Å². The van der Waals surface area contributed by atoms with Crippen molar-refractivity contribution >= 4 is 21.7 Å². The average Bonchev–Trinajstić information content (AvgIpc) is 2.77. The fraction of sp³-hybridized carbons (Fsp3) is 0.385. The normalized spacial score (nSPS) is 20.4. The quantitative estimate of drug-likeness (QED) is 0.762. The first-order valence-corrected chi connectivity index (χ1v) is 8.07. The number of carbonyl (C=O) groups excluding carboxylic acids is 2. The van der Waals surface area contributed by atoms with Gasteiger partial charge in [0.1, 0.15) is 0 Å². The molecule has 1 fully saturated rings. The number of hydrogen-bond acceptors (Lipinski definition) is 4. The van der Waals surface area contributed by atoms with Crippen LogP contribution in [0.25, 0.3) is 0 Å². The molecular weight excluding hydrogens is 280 g/mol. The minimum Gasteiger partial charge on any atom is -0.273 e. The van der Waals surface area contributed by atoms with Crippen LogP contribution >= 0.6 is 0 Å². The van der Waals surface area contributed by atoms with Crippen LogP contribution in [-0.4, -0.2) is 31.7 Å². The summed E-state index contributed by atoms with van der Waals surface area (Å²) >= 11 is 0. The van der Waals surface area contributed by atoms with Gasteiger partial charge >= 0.3 is 0 Å². The van der Waals surface area contributed by atoms with Crippen molar-refractivity contribution in [2.75, 3.05) is 11.5 Å². The first kappa shape index (κ1) is 14.5. The maximum Gasteiger partial charge on any atom is 0.269 e. The molecule has 0 radical (unpaired) electrons. The van der Waals surface area contributed by atoms with Crippen LogP contribution in [0, 0.1) is 12.8 Å². The summed E-state index contributed by atoms with van der Waals surface area (Å²) in [4.78, 5) is 23.5. The summed E-state index contributed by atoms with van der Waals surface area (Å²) in [6.07, 6.45) is 0.300. The zero-order chi connectivity index (χ0) is 14.8. The van der Waals surface area contributed by atoms with Crippen molar-refractivity contribution in [1.82, 2.24) is 10.9 Å². The van der Waals surface area contributed by atoms with Crippen LogP contribution in [0.5, 0.6) is 0 Å². The van der Waals surface area contributed by atoms with Crippen molar-refractivity contribution in [3.63, 3.8) is 0 Å². The molecule has 6 nitrogen and oxygen atoms in total. The van der Waals surface area contributed by atoms with Gasteiger partial charge in [-0.1, -0.05) is 17.7 Å². The van der Waals surface area contributed by atoms with Crippen LogP contribution in [0.2, 0.25) is 0 Å². The van der Waals surface area contributed by atoms with Crippen molar-refractivity contribution in [2.45, 2.75) is 13.3 Å². The Morgan fingerprint density at radius 3 is 2.35 bits per heavy atom. The maximum absolute atomic E-state index is 11.8. The molecule has 1 saturated heterocycles. The number of rotatable bonds is 2. The lowest BCUT2D eigenvalue weighted by Crippen LogP contribution is -2.44. The van der Waals surface area contributed by atoms with E-state index in [0.29, 0.717) is 12.0 Å². The highest BCUT2D eigenvalue weighted by atomic mass is 32.2. The van der Waals surface area contributed by atoms with Crippen molar-refractivity contribution in [1.29, 1.82) is 0 Å². The summed E-state index contributed by atoms with van der Waals surface area (Å²) in [5.41, 5.74) is 6.02. The smallest absolute Gasteiger partial charge is 0.269 e. The monoisotopic (exact) mass is 296 g/mol. The summed E-state index contributed by atoms with van der Waals surface area (Å²) in [5.74, 6) is -1.61. The van der Waals surface area contributed by atoms with E-state index in [1.165, 1.54) is 0 Å². The van der Waals surface area contributed by atoms with Gasteiger partial charge in [0.15, 0.2) is 9.84 Å². The minimum absolute atomic E-state index is 0.0248. The third-order valence-corrected chi connectivity index (χ3v) is 4.98. The molecule has 1 aromatic rings. The lowest BCUT2D eigenvalue weighted by Gasteiger charge is -2.10. The van der Waals surface area contributed by atoms with Gasteiger partial charge in [0, 0.05) is 5.56 Å². The Labute approximate surface area is 117 Å². The van der Waals surface area contributed by atoms with E-state index in [1.807, 2.05) is 6.92 Å². The second-order valence-electron chi connectivity index (χ2n) is 4.91. The number of hydrogen-bond donors (Lipinski definition) is 2. The van der Waals surface area contributed by atoms with Gasteiger partial charge in [-0.25, -0.2) is 8.42 Å². The number of benzene rings is 1. The van der Waals surface area contributed by atoms with Crippen LogP contribution in [0.4, 0.5) is 0 Å². The molecule has 1 aromatic carbocycles. The van der Waals surface area contributed by atoms with E-state index >= 15 is 0 Å². The highest BCUT2D eigenvalue weighted by molar-refractivity contribution is 7.91. The second-order valence-corrected chi connectivity index (χ2v) is 7.14. The predicted octanol–water partition coefficient (Wildman–Crippen LogP) is 0.191. The minimum atomic E-state index is -3.11. The van der Waals surface area contributed by atoms with Crippen LogP contribution in [-0.2, 0) is 14.6 Å². The lowest BCUT2D eigenvalue weighted by molar-refractivity contribution is -0.125. The SMILES string of the molecule is Cc1ccc(C(=O)NNC(=O)[C@H]2CCS(=O)(=O)C2)cc1. The summed E-state index contributed by atoms with van der Waals surface area (Å²) in [7, 11) is -3.11.